The monoisotopic (exact) mass is 292 g/mol. The van der Waals surface area contributed by atoms with Crippen LogP contribution in [0.4, 0.5) is 0 Å². The lowest BCUT2D eigenvalue weighted by Crippen LogP contribution is -2.26. The normalized spacial score (nSPS) is 18.9. The Kier molecular flexibility index (Phi) is 6.33. The van der Waals surface area contributed by atoms with Crippen LogP contribution in [0.5, 0.6) is 11.5 Å². The maximum Gasteiger partial charge on any atom is 0.161 e. The summed E-state index contributed by atoms with van der Waals surface area (Å²) in [5.74, 6) is 2.42. The number of nitrogens with one attached hydrogen (secondary N) is 1. The average molecular weight is 292 g/mol. The fourth-order valence-electron chi connectivity index (χ4n) is 2.88. The van der Waals surface area contributed by atoms with Gasteiger partial charge in [-0.2, -0.15) is 0 Å². The lowest BCUT2D eigenvalue weighted by molar-refractivity contribution is 0.310. The predicted molar refractivity (Wildman–Crippen MR) is 86.1 cm³/mol. The molecule has 1 atom stereocenters. The Morgan fingerprint density at radius 2 is 2.14 bits per heavy atom. The molecule has 0 amide bonds. The van der Waals surface area contributed by atoms with E-state index in [2.05, 4.69) is 29.3 Å². The first kappa shape index (κ1) is 16.1. The maximum atomic E-state index is 5.54. The first-order chi connectivity index (χ1) is 10.3. The van der Waals surface area contributed by atoms with Gasteiger partial charge in [-0.05, 0) is 56.6 Å². The molecule has 1 fully saturated rings. The van der Waals surface area contributed by atoms with Gasteiger partial charge in [0.05, 0.1) is 13.7 Å². The van der Waals surface area contributed by atoms with Crippen molar-refractivity contribution in [3.05, 3.63) is 23.8 Å². The Labute approximate surface area is 128 Å². The molecule has 2 rings (SSSR count). The standard InChI is InChI=1S/C17H28N2O2/c1-4-19-9-8-15(13-19)12-18-11-14-6-7-16(21-5-2)17(10-14)20-3/h6-7,10,15,18H,4-5,8-9,11-13H2,1-3H3/t15-/m0/s1. The second-order valence-corrected chi connectivity index (χ2v) is 5.60. The van der Waals surface area contributed by atoms with Gasteiger partial charge in [-0.15, -0.1) is 0 Å². The first-order valence-electron chi connectivity index (χ1n) is 7.99. The van der Waals surface area contributed by atoms with Gasteiger partial charge >= 0.3 is 0 Å². The van der Waals surface area contributed by atoms with Crippen LogP contribution in [-0.2, 0) is 6.54 Å². The molecule has 0 spiro atoms. The number of benzene rings is 1. The van der Waals surface area contributed by atoms with E-state index in [0.717, 1.165) is 30.5 Å². The van der Waals surface area contributed by atoms with E-state index in [-0.39, 0.29) is 0 Å². The van der Waals surface area contributed by atoms with Crippen LogP contribution in [0.15, 0.2) is 18.2 Å². The minimum atomic E-state index is 0.656. The van der Waals surface area contributed by atoms with Gasteiger partial charge in [-0.3, -0.25) is 0 Å². The minimum absolute atomic E-state index is 0.656. The molecule has 21 heavy (non-hydrogen) atoms. The lowest BCUT2D eigenvalue weighted by Gasteiger charge is -2.14. The summed E-state index contributed by atoms with van der Waals surface area (Å²) in [5, 5.41) is 3.57. The minimum Gasteiger partial charge on any atom is -0.493 e. The van der Waals surface area contributed by atoms with Crippen molar-refractivity contribution in [2.24, 2.45) is 5.92 Å². The fraction of sp³-hybridized carbons (Fsp3) is 0.647. The quantitative estimate of drug-likeness (QED) is 0.798. The third-order valence-electron chi connectivity index (χ3n) is 4.11. The summed E-state index contributed by atoms with van der Waals surface area (Å²) in [6, 6.07) is 6.16. The summed E-state index contributed by atoms with van der Waals surface area (Å²) in [7, 11) is 1.69. The predicted octanol–water partition coefficient (Wildman–Crippen LogP) is 2.53. The maximum absolute atomic E-state index is 5.54. The summed E-state index contributed by atoms with van der Waals surface area (Å²) in [6.45, 7) is 10.5. The van der Waals surface area contributed by atoms with Crippen LogP contribution in [0.1, 0.15) is 25.8 Å². The highest BCUT2D eigenvalue weighted by molar-refractivity contribution is 5.42. The largest absolute Gasteiger partial charge is 0.493 e. The number of likely N-dealkylation sites (tertiary alicyclic amines) is 1. The van der Waals surface area contributed by atoms with E-state index in [1.807, 2.05) is 13.0 Å². The van der Waals surface area contributed by atoms with Crippen LogP contribution in [0.25, 0.3) is 0 Å². The van der Waals surface area contributed by atoms with E-state index < -0.39 is 0 Å². The van der Waals surface area contributed by atoms with Crippen LogP contribution in [0.3, 0.4) is 0 Å². The van der Waals surface area contributed by atoms with Gasteiger partial charge < -0.3 is 19.7 Å². The Morgan fingerprint density at radius 3 is 2.81 bits per heavy atom. The van der Waals surface area contributed by atoms with E-state index in [1.54, 1.807) is 7.11 Å². The Hall–Kier alpha value is -1.26. The number of hydrogen-bond acceptors (Lipinski definition) is 4. The number of hydrogen-bond donors (Lipinski definition) is 1. The van der Waals surface area contributed by atoms with E-state index in [0.29, 0.717) is 6.61 Å². The topological polar surface area (TPSA) is 33.7 Å². The van der Waals surface area contributed by atoms with Gasteiger partial charge in [-0.1, -0.05) is 13.0 Å². The molecule has 0 aliphatic carbocycles. The van der Waals surface area contributed by atoms with Gasteiger partial charge in [0, 0.05) is 13.1 Å². The van der Waals surface area contributed by atoms with Crippen molar-refractivity contribution in [2.75, 3.05) is 39.9 Å². The molecule has 1 aliphatic heterocycles. The molecular weight excluding hydrogens is 264 g/mol. The molecule has 1 aliphatic rings. The number of ether oxygens (including phenoxy) is 2. The van der Waals surface area contributed by atoms with Crippen molar-refractivity contribution >= 4 is 0 Å². The molecule has 1 aromatic rings. The number of nitrogens with zero attached hydrogens (tertiary/aromatic N) is 1. The van der Waals surface area contributed by atoms with Crippen LogP contribution >= 0.6 is 0 Å². The second-order valence-electron chi connectivity index (χ2n) is 5.60. The van der Waals surface area contributed by atoms with Crippen LogP contribution < -0.4 is 14.8 Å². The van der Waals surface area contributed by atoms with Gasteiger partial charge in [0.15, 0.2) is 11.5 Å². The Bertz CT molecular complexity index is 437. The number of rotatable bonds is 8. The highest BCUT2D eigenvalue weighted by Gasteiger charge is 2.20. The van der Waals surface area contributed by atoms with Crippen molar-refractivity contribution in [2.45, 2.75) is 26.8 Å². The Morgan fingerprint density at radius 1 is 1.29 bits per heavy atom. The van der Waals surface area contributed by atoms with Crippen LogP contribution in [-0.4, -0.2) is 44.8 Å². The van der Waals surface area contributed by atoms with Crippen molar-refractivity contribution in [3.63, 3.8) is 0 Å². The Balaban J connectivity index is 1.80. The van der Waals surface area contributed by atoms with Gasteiger partial charge in [-0.25, -0.2) is 0 Å². The lowest BCUT2D eigenvalue weighted by atomic mass is 10.1. The van der Waals surface area contributed by atoms with E-state index >= 15 is 0 Å². The van der Waals surface area contributed by atoms with Crippen LogP contribution in [0, 0.1) is 5.92 Å². The molecule has 0 bridgehead atoms. The zero-order valence-electron chi connectivity index (χ0n) is 13.5. The summed E-state index contributed by atoms with van der Waals surface area (Å²) >= 11 is 0. The molecule has 4 heteroatoms. The third-order valence-corrected chi connectivity index (χ3v) is 4.11. The average Bonchev–Trinajstić information content (AvgIpc) is 2.97. The summed E-state index contributed by atoms with van der Waals surface area (Å²) in [4.78, 5) is 2.52. The van der Waals surface area contributed by atoms with Crippen molar-refractivity contribution in [1.29, 1.82) is 0 Å². The van der Waals surface area contributed by atoms with E-state index in [9.17, 15) is 0 Å². The second kappa shape index (κ2) is 8.25. The molecule has 4 nitrogen and oxygen atoms in total. The molecule has 118 valence electrons. The summed E-state index contributed by atoms with van der Waals surface area (Å²) < 4.78 is 10.9. The van der Waals surface area contributed by atoms with Crippen molar-refractivity contribution < 1.29 is 9.47 Å². The van der Waals surface area contributed by atoms with Gasteiger partial charge in [0.25, 0.3) is 0 Å². The van der Waals surface area contributed by atoms with Gasteiger partial charge in [0.1, 0.15) is 0 Å². The fourth-order valence-corrected chi connectivity index (χ4v) is 2.88. The van der Waals surface area contributed by atoms with Crippen LogP contribution in [0.2, 0.25) is 0 Å². The molecule has 0 unspecified atom stereocenters. The molecule has 0 saturated carbocycles. The van der Waals surface area contributed by atoms with Crippen molar-refractivity contribution in [1.82, 2.24) is 10.2 Å². The molecule has 0 aromatic heterocycles. The van der Waals surface area contributed by atoms with E-state index in [4.69, 9.17) is 9.47 Å². The van der Waals surface area contributed by atoms with Crippen molar-refractivity contribution in [3.8, 4) is 11.5 Å². The molecule has 1 heterocycles. The highest BCUT2D eigenvalue weighted by atomic mass is 16.5. The zero-order valence-corrected chi connectivity index (χ0v) is 13.5. The zero-order chi connectivity index (χ0) is 15.1. The third kappa shape index (κ3) is 4.61. The summed E-state index contributed by atoms with van der Waals surface area (Å²) in [5.41, 5.74) is 1.24. The SMILES string of the molecule is CCOc1ccc(CNC[C@@H]2CCN(CC)C2)cc1OC. The highest BCUT2D eigenvalue weighted by Crippen LogP contribution is 2.28. The molecule has 1 aromatic carbocycles. The summed E-state index contributed by atoms with van der Waals surface area (Å²) in [6.07, 6.45) is 1.31. The molecule has 0 radical (unpaired) electrons. The number of methoxy groups -OCH3 is 1. The van der Waals surface area contributed by atoms with E-state index in [1.165, 1.54) is 31.6 Å². The molecule has 1 saturated heterocycles. The smallest absolute Gasteiger partial charge is 0.161 e. The first-order valence-corrected chi connectivity index (χ1v) is 7.99. The molecule has 1 N–H and O–H groups in total. The molecular formula is C17H28N2O2. The van der Waals surface area contributed by atoms with Gasteiger partial charge in [0.2, 0.25) is 0 Å².